The van der Waals surface area contributed by atoms with Crippen molar-refractivity contribution in [2.24, 2.45) is 5.92 Å². The Bertz CT molecular complexity index is 677. The van der Waals surface area contributed by atoms with Crippen LogP contribution in [0.3, 0.4) is 0 Å². The van der Waals surface area contributed by atoms with E-state index in [1.807, 2.05) is 6.07 Å². The van der Waals surface area contributed by atoms with Crippen molar-refractivity contribution >= 4 is 23.3 Å². The molecular weight excluding hydrogens is 342 g/mol. The number of anilines is 1. The first kappa shape index (κ1) is 17.9. The van der Waals surface area contributed by atoms with Gasteiger partial charge in [0.15, 0.2) is 0 Å². The monoisotopic (exact) mass is 363 g/mol. The lowest BCUT2D eigenvalue weighted by atomic mass is 9.84. The molecule has 1 saturated heterocycles. The predicted molar refractivity (Wildman–Crippen MR) is 93.3 cm³/mol. The Morgan fingerprint density at radius 2 is 2.28 bits per heavy atom. The molecule has 0 radical (unpaired) electrons. The summed E-state index contributed by atoms with van der Waals surface area (Å²) in [6.07, 6.45) is 5.27. The van der Waals surface area contributed by atoms with Crippen LogP contribution >= 0.6 is 11.6 Å². The molecule has 7 nitrogen and oxygen atoms in total. The molecule has 134 valence electrons. The van der Waals surface area contributed by atoms with E-state index in [4.69, 9.17) is 21.6 Å². The molecule has 2 aliphatic rings. The Hall–Kier alpha value is -1.91. The second kappa shape index (κ2) is 7.98. The highest BCUT2D eigenvalue weighted by Crippen LogP contribution is 2.42. The van der Waals surface area contributed by atoms with Crippen molar-refractivity contribution in [2.75, 3.05) is 25.2 Å². The molecule has 2 fully saturated rings. The van der Waals surface area contributed by atoms with Gasteiger partial charge in [-0.05, 0) is 36.8 Å². The van der Waals surface area contributed by atoms with Gasteiger partial charge in [-0.25, -0.2) is 9.97 Å². The number of hydrogen-bond donors (Lipinski definition) is 1. The van der Waals surface area contributed by atoms with Gasteiger partial charge in [-0.1, -0.05) is 12.8 Å². The van der Waals surface area contributed by atoms with Gasteiger partial charge < -0.3 is 15.0 Å². The van der Waals surface area contributed by atoms with Crippen molar-refractivity contribution in [3.63, 3.8) is 0 Å². The van der Waals surface area contributed by atoms with Crippen LogP contribution in [0, 0.1) is 17.2 Å². The highest BCUT2D eigenvalue weighted by molar-refractivity contribution is 6.28. The molecule has 3 rings (SSSR count). The number of hydrogen-bond acceptors (Lipinski definition) is 6. The lowest BCUT2D eigenvalue weighted by Gasteiger charge is -2.34. The molecular formula is C17H22ClN5O2. The largest absolute Gasteiger partial charge is 0.383 e. The van der Waals surface area contributed by atoms with Gasteiger partial charge in [0.1, 0.15) is 23.6 Å². The molecule has 1 aromatic heterocycles. The lowest BCUT2D eigenvalue weighted by molar-refractivity contribution is -0.122. The minimum Gasteiger partial charge on any atom is -0.383 e. The first-order valence-corrected chi connectivity index (χ1v) is 9.01. The molecule has 3 atom stereocenters. The SMILES string of the molecule is COCCNC(=O)[C@@H]1C[C@@H]2CCCC[C@@H]2N1c1cc(C#N)nc(Cl)n1. The predicted octanol–water partition coefficient (Wildman–Crippen LogP) is 1.90. The van der Waals surface area contributed by atoms with Crippen LogP contribution in [-0.4, -0.2) is 48.2 Å². The van der Waals surface area contributed by atoms with Crippen molar-refractivity contribution in [1.29, 1.82) is 5.26 Å². The zero-order valence-corrected chi connectivity index (χ0v) is 15.0. The van der Waals surface area contributed by atoms with Crippen LogP contribution in [-0.2, 0) is 9.53 Å². The number of nitrogens with zero attached hydrogens (tertiary/aromatic N) is 4. The standard InChI is InChI=1S/C17H22ClN5O2/c1-25-7-6-20-16(24)14-8-11-4-2-3-5-13(11)23(14)15-9-12(10-19)21-17(18)22-15/h9,11,13-14H,2-8H2,1H3,(H,20,24)/t11-,13-,14-/m0/s1. The summed E-state index contributed by atoms with van der Waals surface area (Å²) in [7, 11) is 1.61. The van der Waals surface area contributed by atoms with Gasteiger partial charge >= 0.3 is 0 Å². The second-order valence-electron chi connectivity index (χ2n) is 6.55. The highest BCUT2D eigenvalue weighted by Gasteiger charge is 2.45. The minimum absolute atomic E-state index is 0.0281. The van der Waals surface area contributed by atoms with Gasteiger partial charge in [-0.3, -0.25) is 4.79 Å². The third-order valence-electron chi connectivity index (χ3n) is 5.06. The maximum atomic E-state index is 12.7. The number of fused-ring (bicyclic) bond motifs is 1. The van der Waals surface area contributed by atoms with E-state index in [1.54, 1.807) is 13.2 Å². The number of carbonyl (C=O) groups excluding carboxylic acids is 1. The topological polar surface area (TPSA) is 91.1 Å². The molecule has 1 saturated carbocycles. The fourth-order valence-corrected chi connectivity index (χ4v) is 4.19. The number of carbonyl (C=O) groups is 1. The normalized spacial score (nSPS) is 25.3. The Balaban J connectivity index is 1.89. The first-order chi connectivity index (χ1) is 12.1. The Morgan fingerprint density at radius 3 is 3.04 bits per heavy atom. The van der Waals surface area contributed by atoms with Crippen LogP contribution in [0.15, 0.2) is 6.07 Å². The van der Waals surface area contributed by atoms with E-state index in [1.165, 1.54) is 6.42 Å². The Labute approximate surface area is 152 Å². The molecule has 0 aromatic carbocycles. The van der Waals surface area contributed by atoms with E-state index in [-0.39, 0.29) is 29.0 Å². The fourth-order valence-electron chi connectivity index (χ4n) is 4.01. The van der Waals surface area contributed by atoms with E-state index in [0.717, 1.165) is 25.7 Å². The zero-order valence-electron chi connectivity index (χ0n) is 14.2. The zero-order chi connectivity index (χ0) is 17.8. The molecule has 1 aliphatic heterocycles. The summed E-state index contributed by atoms with van der Waals surface area (Å²) in [5, 5.41) is 12.1. The van der Waals surface area contributed by atoms with E-state index < -0.39 is 0 Å². The minimum atomic E-state index is -0.303. The number of methoxy groups -OCH3 is 1. The molecule has 1 N–H and O–H groups in total. The van der Waals surface area contributed by atoms with E-state index in [0.29, 0.717) is 24.9 Å². The summed E-state index contributed by atoms with van der Waals surface area (Å²) in [5.74, 6) is 1.00. The number of ether oxygens (including phenoxy) is 1. The van der Waals surface area contributed by atoms with Crippen LogP contribution < -0.4 is 10.2 Å². The highest BCUT2D eigenvalue weighted by atomic mass is 35.5. The second-order valence-corrected chi connectivity index (χ2v) is 6.88. The quantitative estimate of drug-likeness (QED) is 0.634. The fraction of sp³-hybridized carbons (Fsp3) is 0.647. The summed E-state index contributed by atoms with van der Waals surface area (Å²) < 4.78 is 5.00. The molecule has 1 aliphatic carbocycles. The van der Waals surface area contributed by atoms with E-state index >= 15 is 0 Å². The average Bonchev–Trinajstić information content (AvgIpc) is 3.01. The summed E-state index contributed by atoms with van der Waals surface area (Å²) >= 11 is 5.99. The van der Waals surface area contributed by atoms with Crippen LogP contribution in [0.4, 0.5) is 5.82 Å². The van der Waals surface area contributed by atoms with Gasteiger partial charge in [0.05, 0.1) is 6.61 Å². The van der Waals surface area contributed by atoms with Crippen molar-refractivity contribution in [3.05, 3.63) is 17.0 Å². The van der Waals surface area contributed by atoms with Crippen molar-refractivity contribution < 1.29 is 9.53 Å². The van der Waals surface area contributed by atoms with Gasteiger partial charge in [0.25, 0.3) is 0 Å². The number of halogens is 1. The molecule has 0 unspecified atom stereocenters. The smallest absolute Gasteiger partial charge is 0.242 e. The summed E-state index contributed by atoms with van der Waals surface area (Å²) in [4.78, 5) is 23.0. The van der Waals surface area contributed by atoms with Gasteiger partial charge in [-0.2, -0.15) is 5.26 Å². The average molecular weight is 364 g/mol. The van der Waals surface area contributed by atoms with Crippen molar-refractivity contribution in [1.82, 2.24) is 15.3 Å². The van der Waals surface area contributed by atoms with Crippen molar-refractivity contribution in [2.45, 2.75) is 44.2 Å². The molecule has 0 bridgehead atoms. The summed E-state index contributed by atoms with van der Waals surface area (Å²) in [6, 6.07) is 3.58. The van der Waals surface area contributed by atoms with Crippen LogP contribution in [0.2, 0.25) is 5.28 Å². The molecule has 1 amide bonds. The molecule has 8 heteroatoms. The van der Waals surface area contributed by atoms with Crippen molar-refractivity contribution in [3.8, 4) is 6.07 Å². The van der Waals surface area contributed by atoms with Gasteiger partial charge in [0.2, 0.25) is 11.2 Å². The Kier molecular flexibility index (Phi) is 5.71. The maximum absolute atomic E-state index is 12.7. The van der Waals surface area contributed by atoms with Crippen LogP contribution in [0.5, 0.6) is 0 Å². The lowest BCUT2D eigenvalue weighted by Crippen LogP contribution is -2.47. The van der Waals surface area contributed by atoms with Gasteiger partial charge in [-0.15, -0.1) is 0 Å². The van der Waals surface area contributed by atoms with Crippen LogP contribution in [0.1, 0.15) is 37.8 Å². The number of nitriles is 1. The number of nitrogens with one attached hydrogen (secondary N) is 1. The van der Waals surface area contributed by atoms with E-state index in [9.17, 15) is 4.79 Å². The number of rotatable bonds is 5. The summed E-state index contributed by atoms with van der Waals surface area (Å²) in [5.41, 5.74) is 0.216. The first-order valence-electron chi connectivity index (χ1n) is 8.63. The molecule has 1 aromatic rings. The van der Waals surface area contributed by atoms with Gasteiger partial charge in [0, 0.05) is 25.8 Å². The third kappa shape index (κ3) is 3.86. The molecule has 2 heterocycles. The number of aromatic nitrogens is 2. The third-order valence-corrected chi connectivity index (χ3v) is 5.23. The summed E-state index contributed by atoms with van der Waals surface area (Å²) in [6.45, 7) is 0.951. The molecule has 25 heavy (non-hydrogen) atoms. The van der Waals surface area contributed by atoms with Crippen LogP contribution in [0.25, 0.3) is 0 Å². The van der Waals surface area contributed by atoms with E-state index in [2.05, 4.69) is 20.2 Å². The molecule has 0 spiro atoms. The Morgan fingerprint density at radius 1 is 1.48 bits per heavy atom. The maximum Gasteiger partial charge on any atom is 0.242 e. The number of amides is 1.